The molecule has 0 radical (unpaired) electrons. The molecule has 0 unspecified atom stereocenters. The normalized spacial score (nSPS) is 20.4. The first-order valence-electron chi connectivity index (χ1n) is 7.52. The van der Waals surface area contributed by atoms with E-state index in [0.29, 0.717) is 13.0 Å². The molecule has 1 aromatic carbocycles. The molecule has 23 heavy (non-hydrogen) atoms. The van der Waals surface area contributed by atoms with E-state index in [-0.39, 0.29) is 17.5 Å². The summed E-state index contributed by atoms with van der Waals surface area (Å²) in [4.78, 5) is 36.4. The zero-order chi connectivity index (χ0) is 16.6. The fourth-order valence-electron chi connectivity index (χ4n) is 2.85. The number of hydrogen-bond donors (Lipinski definition) is 1. The zero-order valence-corrected chi connectivity index (χ0v) is 12.3. The number of carbonyl (C=O) groups is 2. The van der Waals surface area contributed by atoms with Gasteiger partial charge < -0.3 is 10.2 Å². The van der Waals surface area contributed by atoms with E-state index in [2.05, 4.69) is 5.32 Å². The van der Waals surface area contributed by atoms with Crippen LogP contribution in [0.3, 0.4) is 0 Å². The summed E-state index contributed by atoms with van der Waals surface area (Å²) in [7, 11) is 0. The Bertz CT molecular complexity index is 675. The van der Waals surface area contributed by atoms with Crippen LogP contribution in [0.15, 0.2) is 18.2 Å². The van der Waals surface area contributed by atoms with Crippen LogP contribution < -0.4 is 5.32 Å². The molecule has 7 nitrogen and oxygen atoms in total. The van der Waals surface area contributed by atoms with Gasteiger partial charge in [-0.2, -0.15) is 0 Å². The van der Waals surface area contributed by atoms with Crippen molar-refractivity contribution < 1.29 is 18.9 Å². The van der Waals surface area contributed by atoms with Crippen molar-refractivity contribution in [2.45, 2.75) is 31.7 Å². The molecule has 1 saturated heterocycles. The van der Waals surface area contributed by atoms with E-state index in [1.165, 1.54) is 0 Å². The molecule has 122 valence electrons. The van der Waals surface area contributed by atoms with Crippen molar-refractivity contribution in [2.24, 2.45) is 5.92 Å². The number of halogens is 1. The van der Waals surface area contributed by atoms with Crippen LogP contribution in [0.1, 0.15) is 25.7 Å². The van der Waals surface area contributed by atoms with Gasteiger partial charge in [0.2, 0.25) is 11.8 Å². The molecular formula is C15H16FN3O4. The van der Waals surface area contributed by atoms with Gasteiger partial charge in [0.05, 0.1) is 11.0 Å². The van der Waals surface area contributed by atoms with Gasteiger partial charge in [-0.3, -0.25) is 19.7 Å². The molecule has 2 aliphatic rings. The van der Waals surface area contributed by atoms with Crippen LogP contribution in [-0.2, 0) is 9.59 Å². The topological polar surface area (TPSA) is 92.5 Å². The number of nitrogens with one attached hydrogen (secondary N) is 1. The number of likely N-dealkylation sites (tertiary alicyclic amines) is 1. The number of amides is 2. The Morgan fingerprint density at radius 2 is 2.04 bits per heavy atom. The number of hydrogen-bond acceptors (Lipinski definition) is 4. The van der Waals surface area contributed by atoms with Gasteiger partial charge in [-0.1, -0.05) is 0 Å². The fourth-order valence-corrected chi connectivity index (χ4v) is 2.85. The number of benzene rings is 1. The number of nitrogens with zero attached hydrogens (tertiary/aromatic N) is 2. The average molecular weight is 321 g/mol. The Hall–Kier alpha value is -2.51. The highest BCUT2D eigenvalue weighted by Gasteiger charge is 2.41. The Morgan fingerprint density at radius 1 is 1.30 bits per heavy atom. The SMILES string of the molecule is O=C(Nc1ccc(F)cc1[N+](=O)[O-])[C@@H]1CCCN1C(=O)C1CC1. The summed E-state index contributed by atoms with van der Waals surface area (Å²) in [5.74, 6) is -1.22. The minimum absolute atomic E-state index is 0.0172. The van der Waals surface area contributed by atoms with E-state index in [1.54, 1.807) is 4.90 Å². The molecule has 0 bridgehead atoms. The summed E-state index contributed by atoms with van der Waals surface area (Å²) >= 11 is 0. The molecule has 3 rings (SSSR count). The minimum atomic E-state index is -0.750. The maximum atomic E-state index is 13.1. The number of nitro benzene ring substituents is 1. The molecule has 0 spiro atoms. The second-order valence-electron chi connectivity index (χ2n) is 5.87. The van der Waals surface area contributed by atoms with E-state index in [1.807, 2.05) is 0 Å². The van der Waals surface area contributed by atoms with E-state index in [9.17, 15) is 24.1 Å². The molecule has 0 aromatic heterocycles. The molecular weight excluding hydrogens is 305 g/mol. The van der Waals surface area contributed by atoms with E-state index >= 15 is 0 Å². The van der Waals surface area contributed by atoms with Gasteiger partial charge in [0.25, 0.3) is 5.69 Å². The van der Waals surface area contributed by atoms with Gasteiger partial charge in [-0.25, -0.2) is 4.39 Å². The summed E-state index contributed by atoms with van der Waals surface area (Å²) in [5.41, 5.74) is -0.566. The van der Waals surface area contributed by atoms with Crippen molar-refractivity contribution in [3.8, 4) is 0 Å². The first-order chi connectivity index (χ1) is 11.0. The zero-order valence-electron chi connectivity index (χ0n) is 12.3. The molecule has 2 amide bonds. The third kappa shape index (κ3) is 3.15. The van der Waals surface area contributed by atoms with Crippen LogP contribution in [0.4, 0.5) is 15.8 Å². The fraction of sp³-hybridized carbons (Fsp3) is 0.467. The van der Waals surface area contributed by atoms with Gasteiger partial charge >= 0.3 is 0 Å². The average Bonchev–Trinajstić information content (AvgIpc) is 3.24. The van der Waals surface area contributed by atoms with Crippen LogP contribution in [0.5, 0.6) is 0 Å². The molecule has 2 fully saturated rings. The number of rotatable bonds is 4. The molecule has 1 aromatic rings. The van der Waals surface area contributed by atoms with Crippen molar-refractivity contribution in [3.63, 3.8) is 0 Å². The number of carbonyl (C=O) groups excluding carboxylic acids is 2. The largest absolute Gasteiger partial charge is 0.330 e. The summed E-state index contributed by atoms with van der Waals surface area (Å²) < 4.78 is 13.1. The lowest BCUT2D eigenvalue weighted by Gasteiger charge is -2.23. The van der Waals surface area contributed by atoms with Crippen molar-refractivity contribution in [3.05, 3.63) is 34.1 Å². The predicted octanol–water partition coefficient (Wildman–Crippen LogP) is 2.07. The molecule has 1 atom stereocenters. The summed E-state index contributed by atoms with van der Waals surface area (Å²) in [6.07, 6.45) is 2.96. The Balaban J connectivity index is 1.76. The third-order valence-electron chi connectivity index (χ3n) is 4.18. The van der Waals surface area contributed by atoms with Crippen LogP contribution in [0, 0.1) is 21.8 Å². The highest BCUT2D eigenvalue weighted by molar-refractivity contribution is 5.99. The summed E-state index contributed by atoms with van der Waals surface area (Å²) in [6.45, 7) is 0.527. The second-order valence-corrected chi connectivity index (χ2v) is 5.87. The highest BCUT2D eigenvalue weighted by Crippen LogP contribution is 2.34. The lowest BCUT2D eigenvalue weighted by atomic mass is 10.2. The Morgan fingerprint density at radius 3 is 2.70 bits per heavy atom. The van der Waals surface area contributed by atoms with Crippen molar-refractivity contribution in [1.82, 2.24) is 4.90 Å². The van der Waals surface area contributed by atoms with Crippen LogP contribution in [0.2, 0.25) is 0 Å². The first kappa shape index (κ1) is 15.4. The monoisotopic (exact) mass is 321 g/mol. The van der Waals surface area contributed by atoms with Gasteiger partial charge in [-0.05, 0) is 37.8 Å². The molecule has 1 aliphatic heterocycles. The first-order valence-corrected chi connectivity index (χ1v) is 7.52. The molecule has 1 heterocycles. The quantitative estimate of drug-likeness (QED) is 0.678. The minimum Gasteiger partial charge on any atom is -0.330 e. The van der Waals surface area contributed by atoms with Crippen molar-refractivity contribution in [2.75, 3.05) is 11.9 Å². The molecule has 1 saturated carbocycles. The van der Waals surface area contributed by atoms with Gasteiger partial charge in [0.1, 0.15) is 17.5 Å². The van der Waals surface area contributed by atoms with E-state index in [0.717, 1.165) is 37.5 Å². The van der Waals surface area contributed by atoms with Crippen molar-refractivity contribution in [1.29, 1.82) is 0 Å². The van der Waals surface area contributed by atoms with Gasteiger partial charge in [0.15, 0.2) is 0 Å². The van der Waals surface area contributed by atoms with Crippen molar-refractivity contribution >= 4 is 23.2 Å². The van der Waals surface area contributed by atoms with Crippen LogP contribution in [0.25, 0.3) is 0 Å². The van der Waals surface area contributed by atoms with Gasteiger partial charge in [-0.15, -0.1) is 0 Å². The predicted molar refractivity (Wildman–Crippen MR) is 79.1 cm³/mol. The lowest BCUT2D eigenvalue weighted by Crippen LogP contribution is -2.43. The molecule has 1 N–H and O–H groups in total. The summed E-state index contributed by atoms with van der Waals surface area (Å²) in [5, 5.41) is 13.4. The lowest BCUT2D eigenvalue weighted by molar-refractivity contribution is -0.384. The maximum Gasteiger partial charge on any atom is 0.295 e. The number of anilines is 1. The Labute approximate surface area is 131 Å². The highest BCUT2D eigenvalue weighted by atomic mass is 19.1. The Kier molecular flexibility index (Phi) is 3.97. The smallest absolute Gasteiger partial charge is 0.295 e. The standard InChI is InChI=1S/C15H16FN3O4/c16-10-5-6-11(13(8-10)19(22)23)17-14(20)12-2-1-7-18(12)15(21)9-3-4-9/h5-6,8-9,12H,1-4,7H2,(H,17,20)/t12-/m0/s1. The van der Waals surface area contributed by atoms with Gasteiger partial charge in [0, 0.05) is 12.5 Å². The third-order valence-corrected chi connectivity index (χ3v) is 4.18. The van der Waals surface area contributed by atoms with Crippen LogP contribution >= 0.6 is 0 Å². The van der Waals surface area contributed by atoms with Crippen LogP contribution in [-0.4, -0.2) is 34.2 Å². The second kappa shape index (κ2) is 5.94. The summed E-state index contributed by atoms with van der Waals surface area (Å²) in [6, 6.07) is 2.35. The van der Waals surface area contributed by atoms with E-state index < -0.39 is 28.4 Å². The maximum absolute atomic E-state index is 13.1. The molecule has 8 heteroatoms. The van der Waals surface area contributed by atoms with E-state index in [4.69, 9.17) is 0 Å². The molecule has 1 aliphatic carbocycles. The number of nitro groups is 1.